The molecule has 1 aliphatic rings. The second-order valence-electron chi connectivity index (χ2n) is 6.48. The van der Waals surface area contributed by atoms with E-state index in [0.717, 1.165) is 23.4 Å². The molecule has 1 aromatic rings. The van der Waals surface area contributed by atoms with Crippen LogP contribution in [0, 0.1) is 16.7 Å². The quantitative estimate of drug-likeness (QED) is 0.890. The van der Waals surface area contributed by atoms with Gasteiger partial charge in [-0.15, -0.1) is 11.3 Å². The molecule has 0 aliphatic carbocycles. The molecular formula is C14H21N3O2S2. The van der Waals surface area contributed by atoms with Gasteiger partial charge in [-0.05, 0) is 30.4 Å². The van der Waals surface area contributed by atoms with Gasteiger partial charge in [-0.25, -0.2) is 8.42 Å². The summed E-state index contributed by atoms with van der Waals surface area (Å²) in [5.41, 5.74) is 1.46. The zero-order valence-electron chi connectivity index (χ0n) is 12.6. The maximum Gasteiger partial charge on any atom is 0.233 e. The molecule has 0 bridgehead atoms. The first-order valence-corrected chi connectivity index (χ1v) is 9.44. The third kappa shape index (κ3) is 4.19. The largest absolute Gasteiger partial charge is 0.312 e. The van der Waals surface area contributed by atoms with E-state index in [-0.39, 0.29) is 11.2 Å². The highest BCUT2D eigenvalue weighted by atomic mass is 32.2. The number of nitrogens with zero attached hydrogens (tertiary/aromatic N) is 1. The van der Waals surface area contributed by atoms with Gasteiger partial charge in [0, 0.05) is 11.4 Å². The molecule has 0 spiro atoms. The molecule has 2 heterocycles. The summed E-state index contributed by atoms with van der Waals surface area (Å²) in [7, 11) is -3.41. The van der Waals surface area contributed by atoms with Crippen LogP contribution >= 0.6 is 11.3 Å². The van der Waals surface area contributed by atoms with E-state index in [0.29, 0.717) is 23.5 Å². The van der Waals surface area contributed by atoms with Gasteiger partial charge in [-0.1, -0.05) is 20.8 Å². The summed E-state index contributed by atoms with van der Waals surface area (Å²) in [6.07, 6.45) is 1.36. The lowest BCUT2D eigenvalue weighted by Crippen LogP contribution is -2.22. The second kappa shape index (κ2) is 5.95. The Balaban J connectivity index is 2.20. The Morgan fingerprint density at radius 3 is 2.76 bits per heavy atom. The Morgan fingerprint density at radius 1 is 1.43 bits per heavy atom. The van der Waals surface area contributed by atoms with Crippen molar-refractivity contribution in [2.24, 2.45) is 5.41 Å². The van der Waals surface area contributed by atoms with E-state index in [1.807, 2.05) is 20.8 Å². The number of anilines is 1. The summed E-state index contributed by atoms with van der Waals surface area (Å²) in [5, 5.41) is 13.0. The van der Waals surface area contributed by atoms with E-state index >= 15 is 0 Å². The van der Waals surface area contributed by atoms with Gasteiger partial charge in [0.25, 0.3) is 0 Å². The molecule has 0 radical (unpaired) electrons. The third-order valence-corrected chi connectivity index (χ3v) is 5.94. The molecule has 7 heteroatoms. The Morgan fingerprint density at radius 2 is 2.14 bits per heavy atom. The molecule has 1 aliphatic heterocycles. The van der Waals surface area contributed by atoms with E-state index in [2.05, 4.69) is 16.1 Å². The monoisotopic (exact) mass is 327 g/mol. The van der Waals surface area contributed by atoms with Gasteiger partial charge in [0.1, 0.15) is 11.1 Å². The number of hydrogen-bond acceptors (Lipinski definition) is 5. The molecule has 2 N–H and O–H groups in total. The highest BCUT2D eigenvalue weighted by Gasteiger charge is 2.24. The van der Waals surface area contributed by atoms with Crippen LogP contribution in [0.2, 0.25) is 0 Å². The van der Waals surface area contributed by atoms with Crippen LogP contribution in [0.5, 0.6) is 0 Å². The minimum absolute atomic E-state index is 0.0363. The molecule has 0 atom stereocenters. The van der Waals surface area contributed by atoms with Crippen LogP contribution in [0.25, 0.3) is 0 Å². The highest BCUT2D eigenvalue weighted by molar-refractivity contribution is 7.92. The first-order valence-electron chi connectivity index (χ1n) is 6.98. The van der Waals surface area contributed by atoms with Crippen LogP contribution in [0.15, 0.2) is 0 Å². The van der Waals surface area contributed by atoms with Crippen molar-refractivity contribution in [3.8, 4) is 6.07 Å². The Kier molecular flexibility index (Phi) is 4.61. The van der Waals surface area contributed by atoms with Gasteiger partial charge in [0.05, 0.1) is 11.3 Å². The summed E-state index contributed by atoms with van der Waals surface area (Å²) in [6.45, 7) is 7.57. The number of fused-ring (bicyclic) bond motifs is 1. The van der Waals surface area contributed by atoms with E-state index in [9.17, 15) is 13.7 Å². The first-order chi connectivity index (χ1) is 9.72. The maximum absolute atomic E-state index is 12.2. The minimum Gasteiger partial charge on any atom is -0.312 e. The fourth-order valence-electron chi connectivity index (χ4n) is 2.16. The molecule has 116 valence electrons. The average Bonchev–Trinajstić information content (AvgIpc) is 2.72. The van der Waals surface area contributed by atoms with E-state index in [4.69, 9.17) is 0 Å². The van der Waals surface area contributed by atoms with Crippen molar-refractivity contribution in [1.29, 1.82) is 5.26 Å². The van der Waals surface area contributed by atoms with Crippen LogP contribution in [0.3, 0.4) is 0 Å². The van der Waals surface area contributed by atoms with E-state index < -0.39 is 10.0 Å². The lowest BCUT2D eigenvalue weighted by molar-refractivity contribution is 0.397. The van der Waals surface area contributed by atoms with Gasteiger partial charge in [0.15, 0.2) is 0 Å². The normalized spacial score (nSPS) is 15.3. The standard InChI is InChI=1S/C14H21N3O2S2/c1-14(2,3)5-7-21(18,19)17-13-11(8-15)10-4-6-16-9-12(10)20-13/h16-17H,4-7,9H2,1-3H3. The summed E-state index contributed by atoms with van der Waals surface area (Å²) >= 11 is 1.37. The molecule has 2 rings (SSSR count). The summed E-state index contributed by atoms with van der Waals surface area (Å²) < 4.78 is 27.0. The van der Waals surface area contributed by atoms with Crippen LogP contribution in [-0.4, -0.2) is 20.7 Å². The predicted octanol–water partition coefficient (Wildman–Crippen LogP) is 2.44. The number of sulfonamides is 1. The summed E-state index contributed by atoms with van der Waals surface area (Å²) in [4.78, 5) is 1.06. The Hall–Kier alpha value is -1.10. The van der Waals surface area contributed by atoms with E-state index in [1.54, 1.807) is 0 Å². The molecule has 0 saturated heterocycles. The van der Waals surface area contributed by atoms with Crippen molar-refractivity contribution in [2.45, 2.75) is 40.2 Å². The molecule has 0 amide bonds. The molecule has 0 aromatic carbocycles. The molecule has 0 saturated carbocycles. The average molecular weight is 327 g/mol. The molecular weight excluding hydrogens is 306 g/mol. The molecule has 5 nitrogen and oxygen atoms in total. The summed E-state index contributed by atoms with van der Waals surface area (Å²) in [5.74, 6) is 0.0716. The zero-order valence-corrected chi connectivity index (χ0v) is 14.2. The second-order valence-corrected chi connectivity index (χ2v) is 9.43. The smallest absolute Gasteiger partial charge is 0.233 e. The molecule has 0 fully saturated rings. The maximum atomic E-state index is 12.2. The Bertz CT molecular complexity index is 664. The van der Waals surface area contributed by atoms with Crippen molar-refractivity contribution in [2.75, 3.05) is 17.0 Å². The minimum atomic E-state index is -3.41. The zero-order chi connectivity index (χ0) is 15.7. The molecule has 0 unspecified atom stereocenters. The lowest BCUT2D eigenvalue weighted by atomic mass is 9.94. The van der Waals surface area contributed by atoms with Crippen molar-refractivity contribution < 1.29 is 8.42 Å². The van der Waals surface area contributed by atoms with Crippen LogP contribution < -0.4 is 10.0 Å². The van der Waals surface area contributed by atoms with Crippen LogP contribution in [-0.2, 0) is 23.0 Å². The molecule has 21 heavy (non-hydrogen) atoms. The lowest BCUT2D eigenvalue weighted by Gasteiger charge is -2.17. The van der Waals surface area contributed by atoms with Crippen molar-refractivity contribution in [3.63, 3.8) is 0 Å². The molecule has 1 aromatic heterocycles. The third-order valence-electron chi connectivity index (χ3n) is 3.41. The van der Waals surface area contributed by atoms with Crippen molar-refractivity contribution in [3.05, 3.63) is 16.0 Å². The van der Waals surface area contributed by atoms with Crippen molar-refractivity contribution in [1.82, 2.24) is 5.32 Å². The highest BCUT2D eigenvalue weighted by Crippen LogP contribution is 2.35. The number of nitriles is 1. The van der Waals surface area contributed by atoms with Crippen LogP contribution in [0.1, 0.15) is 43.2 Å². The van der Waals surface area contributed by atoms with Gasteiger partial charge in [-0.3, -0.25) is 4.72 Å². The fraction of sp³-hybridized carbons (Fsp3) is 0.643. The number of hydrogen-bond donors (Lipinski definition) is 2. The number of nitrogens with one attached hydrogen (secondary N) is 2. The topological polar surface area (TPSA) is 82.0 Å². The van der Waals surface area contributed by atoms with Gasteiger partial charge >= 0.3 is 0 Å². The Labute approximate surface area is 130 Å². The summed E-state index contributed by atoms with van der Waals surface area (Å²) in [6, 6.07) is 2.15. The number of rotatable bonds is 4. The van der Waals surface area contributed by atoms with Gasteiger partial charge in [-0.2, -0.15) is 5.26 Å². The fourth-order valence-corrected chi connectivity index (χ4v) is 5.09. The van der Waals surface area contributed by atoms with Gasteiger partial charge < -0.3 is 5.32 Å². The predicted molar refractivity (Wildman–Crippen MR) is 85.9 cm³/mol. The SMILES string of the molecule is CC(C)(C)CCS(=O)(=O)Nc1sc2c(c1C#N)CCNC2. The van der Waals surface area contributed by atoms with Gasteiger partial charge in [0.2, 0.25) is 10.0 Å². The first kappa shape index (κ1) is 16.3. The number of thiophene rings is 1. The van der Waals surface area contributed by atoms with Crippen LogP contribution in [0.4, 0.5) is 5.00 Å². The van der Waals surface area contributed by atoms with E-state index in [1.165, 1.54) is 11.3 Å². The van der Waals surface area contributed by atoms with Crippen molar-refractivity contribution >= 4 is 26.4 Å².